The molecule has 1 rings (SSSR count). The van der Waals surface area contributed by atoms with Crippen LogP contribution in [-0.4, -0.2) is 38.6 Å². The van der Waals surface area contributed by atoms with Gasteiger partial charge in [-0.3, -0.25) is 4.79 Å². The van der Waals surface area contributed by atoms with Crippen molar-refractivity contribution < 1.29 is 9.53 Å². The van der Waals surface area contributed by atoms with E-state index in [0.29, 0.717) is 18.9 Å². The molecule has 0 aliphatic rings. The Morgan fingerprint density at radius 1 is 1.35 bits per heavy atom. The van der Waals surface area contributed by atoms with Crippen molar-refractivity contribution >= 4 is 5.91 Å². The van der Waals surface area contributed by atoms with Crippen molar-refractivity contribution in [3.8, 4) is 5.75 Å². The summed E-state index contributed by atoms with van der Waals surface area (Å²) in [5.41, 5.74) is 1.14. The van der Waals surface area contributed by atoms with Crippen LogP contribution in [0.1, 0.15) is 31.9 Å². The van der Waals surface area contributed by atoms with Gasteiger partial charge >= 0.3 is 0 Å². The van der Waals surface area contributed by atoms with E-state index in [-0.39, 0.29) is 11.9 Å². The summed E-state index contributed by atoms with van der Waals surface area (Å²) in [6, 6.07) is 8.11. The van der Waals surface area contributed by atoms with E-state index < -0.39 is 0 Å². The summed E-state index contributed by atoms with van der Waals surface area (Å²) >= 11 is 0. The maximum Gasteiger partial charge on any atom is 0.220 e. The molecule has 1 aromatic carbocycles. The Kier molecular flexibility index (Phi) is 6.52. The molecule has 0 aromatic heterocycles. The molecule has 4 nitrogen and oxygen atoms in total. The molecular formula is C16H26N2O2. The molecule has 0 saturated carbocycles. The number of carbonyl (C=O) groups is 1. The molecule has 0 saturated heterocycles. The van der Waals surface area contributed by atoms with Gasteiger partial charge in [-0.05, 0) is 37.7 Å². The van der Waals surface area contributed by atoms with Gasteiger partial charge in [-0.2, -0.15) is 0 Å². The summed E-state index contributed by atoms with van der Waals surface area (Å²) in [6.07, 6.45) is 0.568. The second-order valence-electron chi connectivity index (χ2n) is 5.66. The molecule has 0 fully saturated rings. The summed E-state index contributed by atoms with van der Waals surface area (Å²) in [4.78, 5) is 13.9. The van der Waals surface area contributed by atoms with Crippen molar-refractivity contribution in [3.63, 3.8) is 0 Å². The van der Waals surface area contributed by atoms with Gasteiger partial charge in [-0.25, -0.2) is 0 Å². The molecule has 1 atom stereocenters. The number of nitrogens with zero attached hydrogens (tertiary/aromatic N) is 1. The third-order valence-corrected chi connectivity index (χ3v) is 3.19. The molecule has 1 unspecified atom stereocenters. The van der Waals surface area contributed by atoms with Crippen molar-refractivity contribution in [3.05, 3.63) is 29.8 Å². The van der Waals surface area contributed by atoms with Gasteiger partial charge in [0, 0.05) is 13.0 Å². The average Bonchev–Trinajstić information content (AvgIpc) is 2.38. The Labute approximate surface area is 122 Å². The highest BCUT2D eigenvalue weighted by Gasteiger charge is 2.16. The zero-order valence-corrected chi connectivity index (χ0v) is 13.1. The van der Waals surface area contributed by atoms with E-state index in [2.05, 4.69) is 16.3 Å². The van der Waals surface area contributed by atoms with Crippen LogP contribution < -0.4 is 10.1 Å². The summed E-state index contributed by atoms with van der Waals surface area (Å²) in [5, 5.41) is 3.01. The molecule has 0 radical (unpaired) electrons. The molecule has 0 bridgehead atoms. The number of hydrogen-bond donors (Lipinski definition) is 1. The first-order valence-electron chi connectivity index (χ1n) is 7.01. The largest absolute Gasteiger partial charge is 0.497 e. The minimum Gasteiger partial charge on any atom is -0.497 e. The smallest absolute Gasteiger partial charge is 0.220 e. The van der Waals surface area contributed by atoms with E-state index in [4.69, 9.17) is 4.74 Å². The van der Waals surface area contributed by atoms with Gasteiger partial charge in [0.2, 0.25) is 5.91 Å². The van der Waals surface area contributed by atoms with Crippen molar-refractivity contribution in [2.45, 2.75) is 26.3 Å². The fourth-order valence-corrected chi connectivity index (χ4v) is 2.10. The van der Waals surface area contributed by atoms with Crippen LogP contribution in [0.5, 0.6) is 5.75 Å². The monoisotopic (exact) mass is 278 g/mol. The molecule has 1 N–H and O–H groups in total. The normalized spacial score (nSPS) is 12.6. The van der Waals surface area contributed by atoms with Crippen LogP contribution in [0.2, 0.25) is 0 Å². The molecule has 0 heterocycles. The number of nitrogens with one attached hydrogen (secondary N) is 1. The first kappa shape index (κ1) is 16.5. The van der Waals surface area contributed by atoms with Crippen LogP contribution in [0, 0.1) is 5.92 Å². The van der Waals surface area contributed by atoms with Crippen molar-refractivity contribution in [1.29, 1.82) is 0 Å². The van der Waals surface area contributed by atoms with Crippen LogP contribution in [-0.2, 0) is 4.79 Å². The Balaban J connectivity index is 2.71. The van der Waals surface area contributed by atoms with Gasteiger partial charge in [0.1, 0.15) is 5.75 Å². The quantitative estimate of drug-likeness (QED) is 0.833. The van der Waals surface area contributed by atoms with Gasteiger partial charge < -0.3 is 15.0 Å². The number of likely N-dealkylation sites (N-methyl/N-ethyl adjacent to an activating group) is 1. The van der Waals surface area contributed by atoms with Crippen LogP contribution in [0.4, 0.5) is 0 Å². The van der Waals surface area contributed by atoms with Crippen molar-refractivity contribution in [1.82, 2.24) is 10.2 Å². The van der Waals surface area contributed by atoms with E-state index >= 15 is 0 Å². The van der Waals surface area contributed by atoms with Gasteiger partial charge in [-0.1, -0.05) is 26.0 Å². The summed E-state index contributed by atoms with van der Waals surface area (Å²) in [6.45, 7) is 4.70. The van der Waals surface area contributed by atoms with Crippen LogP contribution in [0.15, 0.2) is 24.3 Å². The fraction of sp³-hybridized carbons (Fsp3) is 0.562. The Morgan fingerprint density at radius 2 is 2.05 bits per heavy atom. The van der Waals surface area contributed by atoms with Crippen LogP contribution in [0.25, 0.3) is 0 Å². The third-order valence-electron chi connectivity index (χ3n) is 3.19. The number of hydrogen-bond acceptors (Lipinski definition) is 3. The number of rotatable bonds is 7. The van der Waals surface area contributed by atoms with E-state index in [1.165, 1.54) is 0 Å². The number of ether oxygens (including phenoxy) is 1. The first-order valence-corrected chi connectivity index (χ1v) is 7.01. The maximum atomic E-state index is 11.8. The lowest BCUT2D eigenvalue weighted by atomic mass is 10.1. The highest BCUT2D eigenvalue weighted by atomic mass is 16.5. The minimum atomic E-state index is 0.106. The molecule has 0 aliphatic carbocycles. The second-order valence-corrected chi connectivity index (χ2v) is 5.66. The lowest BCUT2D eigenvalue weighted by Crippen LogP contribution is -2.34. The molecule has 0 aliphatic heterocycles. The third kappa shape index (κ3) is 5.21. The summed E-state index contributed by atoms with van der Waals surface area (Å²) < 4.78 is 5.26. The van der Waals surface area contributed by atoms with E-state index in [1.807, 2.05) is 46.1 Å². The van der Waals surface area contributed by atoms with Crippen molar-refractivity contribution in [2.75, 3.05) is 27.7 Å². The highest BCUT2D eigenvalue weighted by Crippen LogP contribution is 2.22. The molecule has 1 amide bonds. The van der Waals surface area contributed by atoms with E-state index in [0.717, 1.165) is 11.3 Å². The first-order chi connectivity index (χ1) is 9.43. The Morgan fingerprint density at radius 3 is 2.60 bits per heavy atom. The topological polar surface area (TPSA) is 41.6 Å². The standard InChI is InChI=1S/C16H26N2O2/c1-12(2)9-16(19)17-11-15(18(3)4)13-7-6-8-14(10-13)20-5/h6-8,10,12,15H,9,11H2,1-5H3,(H,17,19). The zero-order chi connectivity index (χ0) is 15.1. The lowest BCUT2D eigenvalue weighted by molar-refractivity contribution is -0.122. The number of carbonyl (C=O) groups excluding carboxylic acids is 1. The maximum absolute atomic E-state index is 11.8. The van der Waals surface area contributed by atoms with E-state index in [9.17, 15) is 4.79 Å². The fourth-order valence-electron chi connectivity index (χ4n) is 2.10. The number of methoxy groups -OCH3 is 1. The number of benzene rings is 1. The van der Waals surface area contributed by atoms with Gasteiger partial charge in [0.05, 0.1) is 13.2 Å². The Hall–Kier alpha value is -1.55. The van der Waals surface area contributed by atoms with Gasteiger partial charge in [0.25, 0.3) is 0 Å². The lowest BCUT2D eigenvalue weighted by Gasteiger charge is -2.25. The molecule has 20 heavy (non-hydrogen) atoms. The predicted octanol–water partition coefficient (Wildman–Crippen LogP) is 2.46. The molecule has 4 heteroatoms. The van der Waals surface area contributed by atoms with Crippen LogP contribution in [0.3, 0.4) is 0 Å². The molecule has 1 aromatic rings. The summed E-state index contributed by atoms with van der Waals surface area (Å²) in [7, 11) is 5.69. The zero-order valence-electron chi connectivity index (χ0n) is 13.1. The molecule has 0 spiro atoms. The van der Waals surface area contributed by atoms with Gasteiger partial charge in [0.15, 0.2) is 0 Å². The summed E-state index contributed by atoms with van der Waals surface area (Å²) in [5.74, 6) is 1.32. The SMILES string of the molecule is COc1cccc(C(CNC(=O)CC(C)C)N(C)C)c1. The molecule has 112 valence electrons. The minimum absolute atomic E-state index is 0.106. The predicted molar refractivity (Wildman–Crippen MR) is 81.9 cm³/mol. The highest BCUT2D eigenvalue weighted by molar-refractivity contribution is 5.76. The average molecular weight is 278 g/mol. The van der Waals surface area contributed by atoms with Gasteiger partial charge in [-0.15, -0.1) is 0 Å². The van der Waals surface area contributed by atoms with Crippen molar-refractivity contribution in [2.24, 2.45) is 5.92 Å². The van der Waals surface area contributed by atoms with E-state index in [1.54, 1.807) is 7.11 Å². The number of amides is 1. The molecular weight excluding hydrogens is 252 g/mol. The Bertz CT molecular complexity index is 430. The second kappa shape index (κ2) is 7.90. The van der Waals surface area contributed by atoms with Crippen LogP contribution >= 0.6 is 0 Å².